The normalized spacial score (nSPS) is 10.4. The minimum absolute atomic E-state index is 0. The van der Waals surface area contributed by atoms with E-state index in [9.17, 15) is 0 Å². The molecule has 0 radical (unpaired) electrons. The van der Waals surface area contributed by atoms with Gasteiger partial charge in [-0.05, 0) is 0 Å². The predicted octanol–water partition coefficient (Wildman–Crippen LogP) is 7.08. The molecule has 0 rings (SSSR count). The van der Waals surface area contributed by atoms with Crippen molar-refractivity contribution in [2.75, 3.05) is 0 Å². The van der Waals surface area contributed by atoms with E-state index in [-0.39, 0.29) is 19.5 Å². The van der Waals surface area contributed by atoms with E-state index >= 15 is 0 Å². The van der Waals surface area contributed by atoms with Gasteiger partial charge in [-0.15, -0.1) is 0 Å². The minimum Gasteiger partial charge on any atom is -0.343 e. The molecule has 0 N–H and O–H groups in total. The van der Waals surface area contributed by atoms with Crippen molar-refractivity contribution in [3.8, 4) is 0 Å². The Morgan fingerprint density at radius 2 is 0.737 bits per heavy atom. The maximum absolute atomic E-state index is 3.88. The van der Waals surface area contributed by atoms with Crippen LogP contribution in [-0.4, -0.2) is 0 Å². The second-order valence-corrected chi connectivity index (χ2v) is 5.80. The standard InChI is InChI=1S/C18H37.Zn/c1-3-5-7-9-11-13-15-17-18-16-14-12-10-8-6-4-2;/h1,3-18H2,2H3;/q-1;. The molecule has 0 amide bonds. The average Bonchev–Trinajstić information content (AvgIpc) is 2.39. The van der Waals surface area contributed by atoms with Crippen LogP contribution in [0.3, 0.4) is 0 Å². The molecule has 0 aliphatic carbocycles. The average molecular weight is 319 g/mol. The largest absolute Gasteiger partial charge is 0.343 e. The van der Waals surface area contributed by atoms with E-state index in [0.29, 0.717) is 0 Å². The molecule has 0 heterocycles. The van der Waals surface area contributed by atoms with Crippen molar-refractivity contribution in [1.82, 2.24) is 0 Å². The molecule has 0 fully saturated rings. The van der Waals surface area contributed by atoms with Crippen LogP contribution in [0, 0.1) is 6.92 Å². The number of hydrogen-bond donors (Lipinski definition) is 0. The maximum atomic E-state index is 3.88. The third kappa shape index (κ3) is 21.1. The van der Waals surface area contributed by atoms with Crippen molar-refractivity contribution in [1.29, 1.82) is 0 Å². The summed E-state index contributed by atoms with van der Waals surface area (Å²) in [6.07, 6.45) is 22.8. The Kier molecular flexibility index (Phi) is 24.1. The molecule has 0 unspecified atom stereocenters. The first-order valence-corrected chi connectivity index (χ1v) is 8.71. The van der Waals surface area contributed by atoms with E-state index in [1.165, 1.54) is 96.3 Å². The first-order valence-electron chi connectivity index (χ1n) is 8.71. The minimum atomic E-state index is 0. The van der Waals surface area contributed by atoms with Crippen LogP contribution < -0.4 is 0 Å². The molecule has 0 nitrogen and oxygen atoms in total. The molecule has 0 aliphatic heterocycles. The summed E-state index contributed by atoms with van der Waals surface area (Å²) in [5, 5.41) is 0. The van der Waals surface area contributed by atoms with Gasteiger partial charge in [-0.25, -0.2) is 0 Å². The van der Waals surface area contributed by atoms with Crippen LogP contribution in [0.5, 0.6) is 0 Å². The zero-order valence-corrected chi connectivity index (χ0v) is 16.7. The van der Waals surface area contributed by atoms with Crippen molar-refractivity contribution in [3.05, 3.63) is 6.92 Å². The van der Waals surface area contributed by atoms with Crippen molar-refractivity contribution >= 4 is 0 Å². The summed E-state index contributed by atoms with van der Waals surface area (Å²) in [5.74, 6) is 0. The second kappa shape index (κ2) is 20.9. The molecule has 0 spiro atoms. The zero-order chi connectivity index (χ0) is 13.3. The van der Waals surface area contributed by atoms with Gasteiger partial charge in [-0.1, -0.05) is 103 Å². The molecule has 1 heteroatoms. The van der Waals surface area contributed by atoms with Crippen LogP contribution >= 0.6 is 0 Å². The Morgan fingerprint density at radius 1 is 0.474 bits per heavy atom. The zero-order valence-electron chi connectivity index (χ0n) is 13.7. The Labute approximate surface area is 136 Å². The topological polar surface area (TPSA) is 0 Å². The molecule has 0 aromatic rings. The molecular weight excluding hydrogens is 282 g/mol. The van der Waals surface area contributed by atoms with Gasteiger partial charge >= 0.3 is 0 Å². The van der Waals surface area contributed by atoms with Gasteiger partial charge < -0.3 is 6.92 Å². The van der Waals surface area contributed by atoms with Crippen molar-refractivity contribution in [2.24, 2.45) is 0 Å². The summed E-state index contributed by atoms with van der Waals surface area (Å²) in [6.45, 7) is 6.18. The SMILES string of the molecule is [CH2-]CCCCCCCCCCCCCCCCC.[Zn]. The third-order valence-electron chi connectivity index (χ3n) is 3.85. The summed E-state index contributed by atoms with van der Waals surface area (Å²) in [6, 6.07) is 0. The van der Waals surface area contributed by atoms with Gasteiger partial charge in [0.1, 0.15) is 0 Å². The van der Waals surface area contributed by atoms with Gasteiger partial charge in [0.05, 0.1) is 0 Å². The van der Waals surface area contributed by atoms with Gasteiger partial charge in [-0.3, -0.25) is 0 Å². The molecule has 19 heavy (non-hydrogen) atoms. The monoisotopic (exact) mass is 317 g/mol. The Bertz CT molecular complexity index is 118. The molecule has 0 bridgehead atoms. The van der Waals surface area contributed by atoms with Gasteiger partial charge in [-0.2, -0.15) is 6.42 Å². The van der Waals surface area contributed by atoms with Crippen LogP contribution in [0.25, 0.3) is 0 Å². The summed E-state index contributed by atoms with van der Waals surface area (Å²) >= 11 is 0. The van der Waals surface area contributed by atoms with E-state index < -0.39 is 0 Å². The fourth-order valence-corrected chi connectivity index (χ4v) is 2.55. The Balaban J connectivity index is 0. The van der Waals surface area contributed by atoms with Crippen LogP contribution in [-0.2, 0) is 19.5 Å². The quantitative estimate of drug-likeness (QED) is 0.172. The first kappa shape index (κ1) is 21.9. The summed E-state index contributed by atoms with van der Waals surface area (Å²) in [5.41, 5.74) is 0. The van der Waals surface area contributed by atoms with Crippen molar-refractivity contribution in [3.63, 3.8) is 0 Å². The molecule has 112 valence electrons. The molecule has 0 aromatic carbocycles. The van der Waals surface area contributed by atoms with Gasteiger partial charge in [0.15, 0.2) is 0 Å². The van der Waals surface area contributed by atoms with Gasteiger partial charge in [0.2, 0.25) is 0 Å². The Morgan fingerprint density at radius 3 is 1.00 bits per heavy atom. The van der Waals surface area contributed by atoms with E-state index in [2.05, 4.69) is 13.8 Å². The smallest absolute Gasteiger partial charge is 0 e. The molecule has 0 saturated heterocycles. The van der Waals surface area contributed by atoms with Crippen LogP contribution in [0.1, 0.15) is 110 Å². The van der Waals surface area contributed by atoms with Crippen molar-refractivity contribution < 1.29 is 19.5 Å². The molecule has 0 saturated carbocycles. The molecule has 0 aliphatic rings. The predicted molar refractivity (Wildman–Crippen MR) is 84.9 cm³/mol. The number of unbranched alkanes of at least 4 members (excludes halogenated alkanes) is 15. The van der Waals surface area contributed by atoms with Crippen LogP contribution in [0.15, 0.2) is 0 Å². The summed E-state index contributed by atoms with van der Waals surface area (Å²) in [4.78, 5) is 0. The van der Waals surface area contributed by atoms with Gasteiger partial charge in [0, 0.05) is 19.5 Å². The van der Waals surface area contributed by atoms with Gasteiger partial charge in [0.25, 0.3) is 0 Å². The summed E-state index contributed by atoms with van der Waals surface area (Å²) < 4.78 is 0. The second-order valence-electron chi connectivity index (χ2n) is 5.80. The third-order valence-corrected chi connectivity index (χ3v) is 3.85. The molecule has 0 aromatic heterocycles. The van der Waals surface area contributed by atoms with E-state index in [4.69, 9.17) is 0 Å². The van der Waals surface area contributed by atoms with Crippen LogP contribution in [0.4, 0.5) is 0 Å². The van der Waals surface area contributed by atoms with E-state index in [1.807, 2.05) is 0 Å². The fourth-order valence-electron chi connectivity index (χ4n) is 2.55. The molecular formula is C18H37Zn-. The van der Waals surface area contributed by atoms with Crippen molar-refractivity contribution in [2.45, 2.75) is 110 Å². The molecule has 0 atom stereocenters. The van der Waals surface area contributed by atoms with Crippen LogP contribution in [0.2, 0.25) is 0 Å². The first-order chi connectivity index (χ1) is 8.91. The van der Waals surface area contributed by atoms with E-state index in [0.717, 1.165) is 6.42 Å². The maximum Gasteiger partial charge on any atom is 0 e. The number of hydrogen-bond acceptors (Lipinski definition) is 0. The fraction of sp³-hybridized carbons (Fsp3) is 0.944. The van der Waals surface area contributed by atoms with E-state index in [1.54, 1.807) is 0 Å². The summed E-state index contributed by atoms with van der Waals surface area (Å²) in [7, 11) is 0. The Hall–Kier alpha value is 0.623. The number of rotatable bonds is 15.